The molecule has 0 saturated carbocycles. The van der Waals surface area contributed by atoms with Gasteiger partial charge in [0.15, 0.2) is 20.2 Å². The van der Waals surface area contributed by atoms with E-state index in [1.54, 1.807) is 31.3 Å². The molecule has 4 rings (SSSR count). The topological polar surface area (TPSA) is 162 Å². The second kappa shape index (κ2) is 13.1. The lowest BCUT2D eigenvalue weighted by Gasteiger charge is -2.46. The van der Waals surface area contributed by atoms with Crippen molar-refractivity contribution in [2.24, 2.45) is 0 Å². The van der Waals surface area contributed by atoms with Gasteiger partial charge in [-0.15, -0.1) is 0 Å². The smallest absolute Gasteiger partial charge is 0.268 e. The molecule has 1 aliphatic heterocycles. The summed E-state index contributed by atoms with van der Waals surface area (Å²) in [6, 6.07) is 7.00. The van der Waals surface area contributed by atoms with Crippen molar-refractivity contribution in [3.05, 3.63) is 58.8 Å². The van der Waals surface area contributed by atoms with Crippen LogP contribution in [0.5, 0.6) is 5.88 Å². The molecular formula is C29H36ClN9O3Si. The summed E-state index contributed by atoms with van der Waals surface area (Å²) in [7, 11) is -1.94. The maximum Gasteiger partial charge on any atom is 0.268 e. The highest BCUT2D eigenvalue weighted by atomic mass is 35.5. The van der Waals surface area contributed by atoms with Gasteiger partial charge in [0, 0.05) is 25.8 Å². The number of nitrogens with zero attached hydrogens (tertiary/aromatic N) is 6. The Morgan fingerprint density at radius 3 is 2.63 bits per heavy atom. The molecule has 14 heteroatoms. The zero-order chi connectivity index (χ0) is 31.4. The first kappa shape index (κ1) is 32.0. The number of nitrogens with one attached hydrogen (secondary N) is 3. The molecule has 3 aromatic rings. The molecule has 0 aliphatic carbocycles. The number of aryl methyl sites for hydroxylation is 1. The second-order valence-corrected chi connectivity index (χ2v) is 17.0. The van der Waals surface area contributed by atoms with Gasteiger partial charge in [-0.25, -0.2) is 15.0 Å². The summed E-state index contributed by atoms with van der Waals surface area (Å²) in [4.78, 5) is 32.5. The van der Waals surface area contributed by atoms with E-state index in [0.717, 1.165) is 6.21 Å². The van der Waals surface area contributed by atoms with E-state index in [1.807, 2.05) is 0 Å². The van der Waals surface area contributed by atoms with Crippen LogP contribution in [0.15, 0.2) is 36.9 Å². The fourth-order valence-corrected chi connectivity index (χ4v) is 5.67. The molecule has 3 N–H and O–H groups in total. The van der Waals surface area contributed by atoms with Crippen LogP contribution < -0.4 is 15.4 Å². The van der Waals surface area contributed by atoms with E-state index >= 15 is 0 Å². The minimum Gasteiger partial charge on any atom is -0.462 e. The number of carbonyl (C=O) groups excluding carboxylic acids is 1. The fourth-order valence-electron chi connectivity index (χ4n) is 4.11. The highest BCUT2D eigenvalue weighted by Gasteiger charge is 2.42. The first-order valence-corrected chi connectivity index (χ1v) is 17.1. The maximum atomic E-state index is 13.5. The van der Waals surface area contributed by atoms with Crippen LogP contribution in [0.25, 0.3) is 0 Å². The van der Waals surface area contributed by atoms with Crippen molar-refractivity contribution in [3.63, 3.8) is 0 Å². The number of para-hydroxylation sites is 1. The molecule has 0 radical (unpaired) electrons. The summed E-state index contributed by atoms with van der Waals surface area (Å²) in [6.45, 7) is 14.4. The van der Waals surface area contributed by atoms with Crippen molar-refractivity contribution in [1.29, 1.82) is 10.7 Å². The largest absolute Gasteiger partial charge is 0.462 e. The minimum absolute atomic E-state index is 0.0165. The van der Waals surface area contributed by atoms with Crippen molar-refractivity contribution in [1.82, 2.24) is 24.8 Å². The number of benzene rings is 1. The highest BCUT2D eigenvalue weighted by molar-refractivity contribution is 6.74. The normalized spacial score (nSPS) is 14.7. The van der Waals surface area contributed by atoms with E-state index in [4.69, 9.17) is 26.2 Å². The van der Waals surface area contributed by atoms with Crippen LogP contribution in [0.4, 0.5) is 17.3 Å². The van der Waals surface area contributed by atoms with Crippen LogP contribution in [0.2, 0.25) is 23.2 Å². The molecule has 1 saturated heterocycles. The van der Waals surface area contributed by atoms with Gasteiger partial charge in [0.25, 0.3) is 5.91 Å². The van der Waals surface area contributed by atoms with Gasteiger partial charge in [-0.05, 0) is 37.2 Å². The van der Waals surface area contributed by atoms with Gasteiger partial charge in [0.05, 0.1) is 46.0 Å². The Kier molecular flexibility index (Phi) is 9.76. The third-order valence-electron chi connectivity index (χ3n) is 7.56. The van der Waals surface area contributed by atoms with Crippen molar-refractivity contribution in [2.45, 2.75) is 58.0 Å². The number of hydrogen-bond acceptors (Lipinski definition) is 11. The third-order valence-corrected chi connectivity index (χ3v) is 12.4. The molecule has 1 atom stereocenters. The molecule has 0 bridgehead atoms. The SMILES string of the molecule is Cc1cnc(NC(=O)C(CN2CC(O[Si](C)(C)C(C)(C)C)C2)Oc2ncnc(Nc3c(Cl)cccc3C#N)c2C=N)cn1. The Labute approximate surface area is 257 Å². The Balaban J connectivity index is 1.56. The van der Waals surface area contributed by atoms with Gasteiger partial charge >= 0.3 is 0 Å². The molecule has 1 aliphatic rings. The van der Waals surface area contributed by atoms with E-state index in [2.05, 4.69) is 75.4 Å². The molecule has 1 aromatic carbocycles. The lowest BCUT2D eigenvalue weighted by Crippen LogP contribution is -2.60. The first-order valence-electron chi connectivity index (χ1n) is 13.8. The zero-order valence-electron chi connectivity index (χ0n) is 25.1. The van der Waals surface area contributed by atoms with E-state index < -0.39 is 20.3 Å². The molecule has 43 heavy (non-hydrogen) atoms. The fraction of sp³-hybridized carbons (Fsp3) is 0.414. The summed E-state index contributed by atoms with van der Waals surface area (Å²) in [6.07, 6.45) is 4.36. The number of amides is 1. The summed E-state index contributed by atoms with van der Waals surface area (Å²) in [5.74, 6) is 0.0450. The summed E-state index contributed by atoms with van der Waals surface area (Å²) in [5, 5.41) is 23.8. The maximum absolute atomic E-state index is 13.5. The predicted molar refractivity (Wildman–Crippen MR) is 168 cm³/mol. The van der Waals surface area contributed by atoms with Crippen molar-refractivity contribution >= 4 is 49.4 Å². The predicted octanol–water partition coefficient (Wildman–Crippen LogP) is 4.93. The number of rotatable bonds is 11. The van der Waals surface area contributed by atoms with Crippen LogP contribution in [0.3, 0.4) is 0 Å². The van der Waals surface area contributed by atoms with Gasteiger partial charge in [-0.3, -0.25) is 14.7 Å². The summed E-state index contributed by atoms with van der Waals surface area (Å²) < 4.78 is 12.7. The lowest BCUT2D eigenvalue weighted by atomic mass is 10.1. The number of nitriles is 1. The Bertz CT molecular complexity index is 1520. The first-order chi connectivity index (χ1) is 20.3. The van der Waals surface area contributed by atoms with Gasteiger partial charge in [-0.1, -0.05) is 38.4 Å². The van der Waals surface area contributed by atoms with Gasteiger partial charge < -0.3 is 25.2 Å². The molecule has 12 nitrogen and oxygen atoms in total. The van der Waals surface area contributed by atoms with E-state index in [1.165, 1.54) is 12.5 Å². The van der Waals surface area contributed by atoms with Crippen LogP contribution >= 0.6 is 11.6 Å². The molecule has 1 amide bonds. The third kappa shape index (κ3) is 7.71. The average molecular weight is 622 g/mol. The molecular weight excluding hydrogens is 586 g/mol. The highest BCUT2D eigenvalue weighted by Crippen LogP contribution is 2.38. The quantitative estimate of drug-likeness (QED) is 0.198. The summed E-state index contributed by atoms with van der Waals surface area (Å²) >= 11 is 6.34. The van der Waals surface area contributed by atoms with Crippen LogP contribution in [-0.4, -0.2) is 77.1 Å². The van der Waals surface area contributed by atoms with Crippen molar-refractivity contribution < 1.29 is 14.0 Å². The Morgan fingerprint density at radius 1 is 1.26 bits per heavy atom. The van der Waals surface area contributed by atoms with Crippen molar-refractivity contribution in [3.8, 4) is 11.9 Å². The summed E-state index contributed by atoms with van der Waals surface area (Å²) in [5.41, 5.74) is 1.53. The number of ether oxygens (including phenoxy) is 1. The van der Waals surface area contributed by atoms with E-state index in [0.29, 0.717) is 35.1 Å². The van der Waals surface area contributed by atoms with E-state index in [-0.39, 0.29) is 40.8 Å². The van der Waals surface area contributed by atoms with Gasteiger partial charge in [-0.2, -0.15) is 5.26 Å². The minimum atomic E-state index is -1.94. The monoisotopic (exact) mass is 621 g/mol. The molecule has 3 heterocycles. The van der Waals surface area contributed by atoms with Crippen LogP contribution in [0, 0.1) is 23.7 Å². The van der Waals surface area contributed by atoms with E-state index in [9.17, 15) is 10.1 Å². The molecule has 2 aromatic heterocycles. The van der Waals surface area contributed by atoms with Gasteiger partial charge in [0.2, 0.25) is 5.88 Å². The van der Waals surface area contributed by atoms with Gasteiger partial charge in [0.1, 0.15) is 18.2 Å². The number of likely N-dealkylation sites (tertiary alicyclic amines) is 1. The number of anilines is 3. The number of aromatic nitrogens is 4. The Hall–Kier alpha value is -3.96. The number of hydrogen-bond donors (Lipinski definition) is 3. The molecule has 1 unspecified atom stereocenters. The molecule has 1 fully saturated rings. The zero-order valence-corrected chi connectivity index (χ0v) is 26.9. The number of carbonyl (C=O) groups is 1. The lowest BCUT2D eigenvalue weighted by molar-refractivity contribution is -0.125. The second-order valence-electron chi connectivity index (χ2n) is 11.8. The van der Waals surface area contributed by atoms with Crippen LogP contribution in [0.1, 0.15) is 37.6 Å². The molecule has 0 spiro atoms. The Morgan fingerprint density at radius 2 is 2.00 bits per heavy atom. The average Bonchev–Trinajstić information content (AvgIpc) is 2.93. The van der Waals surface area contributed by atoms with Crippen LogP contribution in [-0.2, 0) is 9.22 Å². The standard InChI is InChI=1S/C29H36ClN9O3Si/c1-18-12-34-24(13-33-18)37-27(40)23(16-39-14-20(15-39)42-43(5,6)29(2,3)4)41-28-21(11-32)26(35-17-36-28)38-25-19(10-31)8-7-9-22(25)30/h7-9,11-13,17,20,23,32H,14-16H2,1-6H3,(H,34,37,40)(H,35,36,38). The molecule has 226 valence electrons. The number of halogens is 1. The van der Waals surface area contributed by atoms with Crippen molar-refractivity contribution in [2.75, 3.05) is 30.3 Å².